The number of non-ortho nitro benzene ring substituents is 1. The molecule has 0 radical (unpaired) electrons. The predicted molar refractivity (Wildman–Crippen MR) is 125 cm³/mol. The first-order chi connectivity index (χ1) is 16.4. The van der Waals surface area contributed by atoms with Crippen LogP contribution in [-0.4, -0.2) is 51.9 Å². The van der Waals surface area contributed by atoms with Crippen molar-refractivity contribution < 1.29 is 19.2 Å². The average Bonchev–Trinajstić information content (AvgIpc) is 3.21. The number of nitrogens with two attached hydrogens (primary N) is 1. The summed E-state index contributed by atoms with van der Waals surface area (Å²) < 4.78 is 6.43. The van der Waals surface area contributed by atoms with Gasteiger partial charge in [0.15, 0.2) is 0 Å². The maximum Gasteiger partial charge on any atom is 0.325 e. The molecule has 1 aromatic carbocycles. The lowest BCUT2D eigenvalue weighted by Crippen LogP contribution is -2.40. The number of nitrogens with zero attached hydrogens (tertiary/aromatic N) is 3. The Morgan fingerprint density at radius 3 is 2.56 bits per heavy atom. The summed E-state index contributed by atoms with van der Waals surface area (Å²) in [6.07, 6.45) is 5.17. The first kappa shape index (κ1) is 23.2. The van der Waals surface area contributed by atoms with Crippen LogP contribution in [0.1, 0.15) is 36.0 Å². The van der Waals surface area contributed by atoms with E-state index in [1.807, 2.05) is 0 Å². The second-order valence-electron chi connectivity index (χ2n) is 8.27. The van der Waals surface area contributed by atoms with E-state index < -0.39 is 10.9 Å². The zero-order chi connectivity index (χ0) is 24.2. The van der Waals surface area contributed by atoms with Crippen molar-refractivity contribution in [3.05, 3.63) is 58.3 Å². The highest BCUT2D eigenvalue weighted by atomic mass is 16.6. The third kappa shape index (κ3) is 4.99. The third-order valence-electron chi connectivity index (χ3n) is 5.97. The normalized spacial score (nSPS) is 17.8. The molecular formula is C23H26N6O5. The van der Waals surface area contributed by atoms with Gasteiger partial charge in [0, 0.05) is 41.5 Å². The van der Waals surface area contributed by atoms with Gasteiger partial charge in [-0.1, -0.05) is 0 Å². The SMILES string of the molecule is COC(=O)CNc1c(-c2ccc([N+](=O)[O-])cc2)nc2cc(C(=O)NC3CCC(N)CC3)ccn12. The summed E-state index contributed by atoms with van der Waals surface area (Å²) in [4.78, 5) is 39.7. The fourth-order valence-electron chi connectivity index (χ4n) is 4.06. The molecule has 1 amide bonds. The number of methoxy groups -OCH3 is 1. The number of benzene rings is 1. The van der Waals surface area contributed by atoms with Gasteiger partial charge in [0.05, 0.1) is 12.0 Å². The van der Waals surface area contributed by atoms with Crippen LogP contribution in [-0.2, 0) is 9.53 Å². The van der Waals surface area contributed by atoms with Gasteiger partial charge >= 0.3 is 5.97 Å². The zero-order valence-corrected chi connectivity index (χ0v) is 18.7. The number of ether oxygens (including phenoxy) is 1. The zero-order valence-electron chi connectivity index (χ0n) is 18.7. The largest absolute Gasteiger partial charge is 0.468 e. The van der Waals surface area contributed by atoms with E-state index in [4.69, 9.17) is 10.5 Å². The van der Waals surface area contributed by atoms with Crippen LogP contribution in [0.25, 0.3) is 16.9 Å². The fourth-order valence-corrected chi connectivity index (χ4v) is 4.06. The number of hydrogen-bond acceptors (Lipinski definition) is 8. The molecule has 0 atom stereocenters. The molecule has 0 aliphatic heterocycles. The number of rotatable bonds is 7. The lowest BCUT2D eigenvalue weighted by Gasteiger charge is -2.26. The van der Waals surface area contributed by atoms with Gasteiger partial charge in [0.2, 0.25) is 0 Å². The predicted octanol–water partition coefficient (Wildman–Crippen LogP) is 2.49. The molecule has 2 aromatic heterocycles. The minimum Gasteiger partial charge on any atom is -0.468 e. The molecular weight excluding hydrogens is 440 g/mol. The maximum atomic E-state index is 12.8. The first-order valence-electron chi connectivity index (χ1n) is 11.0. The standard InChI is InChI=1S/C23H26N6O5/c1-34-20(30)13-25-22-21(14-2-8-18(9-3-14)29(32)33)27-19-12-15(10-11-28(19)22)23(31)26-17-6-4-16(24)5-7-17/h2-3,8-12,16-17,25H,4-7,13,24H2,1H3,(H,26,31). The molecule has 0 bridgehead atoms. The number of nitro groups is 1. The molecule has 11 nitrogen and oxygen atoms in total. The van der Waals surface area contributed by atoms with Gasteiger partial charge in [-0.2, -0.15) is 0 Å². The number of imidazole rings is 1. The van der Waals surface area contributed by atoms with E-state index in [1.165, 1.54) is 19.2 Å². The van der Waals surface area contributed by atoms with Crippen molar-refractivity contribution in [3.8, 4) is 11.3 Å². The molecule has 1 aliphatic carbocycles. The van der Waals surface area contributed by atoms with Crippen LogP contribution in [0.5, 0.6) is 0 Å². The highest BCUT2D eigenvalue weighted by Crippen LogP contribution is 2.30. The van der Waals surface area contributed by atoms with Crippen LogP contribution >= 0.6 is 0 Å². The Balaban J connectivity index is 1.65. The Morgan fingerprint density at radius 1 is 1.21 bits per heavy atom. The molecule has 4 N–H and O–H groups in total. The van der Waals surface area contributed by atoms with E-state index in [0.717, 1.165) is 25.7 Å². The highest BCUT2D eigenvalue weighted by molar-refractivity contribution is 5.95. The van der Waals surface area contributed by atoms with Crippen LogP contribution in [0.4, 0.5) is 11.5 Å². The van der Waals surface area contributed by atoms with Crippen molar-refractivity contribution in [1.82, 2.24) is 14.7 Å². The minimum absolute atomic E-state index is 0.0424. The van der Waals surface area contributed by atoms with Crippen molar-refractivity contribution in [2.45, 2.75) is 37.8 Å². The summed E-state index contributed by atoms with van der Waals surface area (Å²) in [7, 11) is 1.29. The monoisotopic (exact) mass is 466 g/mol. The van der Waals surface area contributed by atoms with Crippen LogP contribution in [0.15, 0.2) is 42.6 Å². The smallest absolute Gasteiger partial charge is 0.325 e. The number of nitro benzene ring substituents is 1. The second kappa shape index (κ2) is 9.87. The third-order valence-corrected chi connectivity index (χ3v) is 5.97. The van der Waals surface area contributed by atoms with Crippen molar-refractivity contribution >= 4 is 29.0 Å². The van der Waals surface area contributed by atoms with Gasteiger partial charge in [-0.3, -0.25) is 24.1 Å². The van der Waals surface area contributed by atoms with E-state index in [2.05, 4.69) is 15.6 Å². The maximum absolute atomic E-state index is 12.8. The Labute approximate surface area is 195 Å². The van der Waals surface area contributed by atoms with Crippen LogP contribution in [0, 0.1) is 10.1 Å². The molecule has 11 heteroatoms. The van der Waals surface area contributed by atoms with Crippen LogP contribution in [0.3, 0.4) is 0 Å². The number of amides is 1. The van der Waals surface area contributed by atoms with Crippen LogP contribution in [0.2, 0.25) is 0 Å². The molecule has 1 fully saturated rings. The number of fused-ring (bicyclic) bond motifs is 1. The number of carbonyl (C=O) groups excluding carboxylic acids is 2. The molecule has 3 aromatic rings. The molecule has 4 rings (SSSR count). The number of pyridine rings is 1. The van der Waals surface area contributed by atoms with Crippen molar-refractivity contribution in [2.24, 2.45) is 5.73 Å². The van der Waals surface area contributed by atoms with Crippen molar-refractivity contribution in [1.29, 1.82) is 0 Å². The van der Waals surface area contributed by atoms with Crippen LogP contribution < -0.4 is 16.4 Å². The lowest BCUT2D eigenvalue weighted by molar-refractivity contribution is -0.384. The molecule has 1 aliphatic rings. The molecule has 0 spiro atoms. The van der Waals surface area contributed by atoms with Gasteiger partial charge in [0.25, 0.3) is 11.6 Å². The van der Waals surface area contributed by atoms with E-state index in [0.29, 0.717) is 28.3 Å². The van der Waals surface area contributed by atoms with Gasteiger partial charge in [0.1, 0.15) is 23.7 Å². The molecule has 0 saturated heterocycles. The number of hydrogen-bond donors (Lipinski definition) is 3. The van der Waals surface area contributed by atoms with Gasteiger partial charge in [-0.15, -0.1) is 0 Å². The van der Waals surface area contributed by atoms with E-state index >= 15 is 0 Å². The number of aromatic nitrogens is 2. The molecule has 1 saturated carbocycles. The summed E-state index contributed by atoms with van der Waals surface area (Å²) in [5, 5.41) is 17.1. The van der Waals surface area contributed by atoms with E-state index in [9.17, 15) is 19.7 Å². The summed E-state index contributed by atoms with van der Waals surface area (Å²) in [6.45, 7) is -0.101. The summed E-state index contributed by atoms with van der Waals surface area (Å²) in [6, 6.07) is 9.59. The Bertz CT molecular complexity index is 1210. The van der Waals surface area contributed by atoms with Crippen molar-refractivity contribution in [3.63, 3.8) is 0 Å². The second-order valence-corrected chi connectivity index (χ2v) is 8.27. The number of carbonyl (C=O) groups is 2. The number of anilines is 1. The summed E-state index contributed by atoms with van der Waals surface area (Å²) >= 11 is 0. The quantitative estimate of drug-likeness (QED) is 0.273. The van der Waals surface area contributed by atoms with E-state index in [1.54, 1.807) is 34.9 Å². The molecule has 0 unspecified atom stereocenters. The molecule has 178 valence electrons. The number of esters is 1. The number of nitrogens with one attached hydrogen (secondary N) is 2. The van der Waals surface area contributed by atoms with Crippen molar-refractivity contribution in [2.75, 3.05) is 19.0 Å². The van der Waals surface area contributed by atoms with Gasteiger partial charge < -0.3 is 21.1 Å². The van der Waals surface area contributed by atoms with E-state index in [-0.39, 0.29) is 30.2 Å². The van der Waals surface area contributed by atoms with Gasteiger partial charge in [-0.05, 0) is 49.9 Å². The topological polar surface area (TPSA) is 154 Å². The Hall–Kier alpha value is -3.99. The summed E-state index contributed by atoms with van der Waals surface area (Å²) in [5.74, 6) is -0.151. The first-order valence-corrected chi connectivity index (χ1v) is 11.0. The Morgan fingerprint density at radius 2 is 1.91 bits per heavy atom. The minimum atomic E-state index is -0.477. The highest BCUT2D eigenvalue weighted by Gasteiger charge is 2.22. The van der Waals surface area contributed by atoms with Gasteiger partial charge in [-0.25, -0.2) is 4.98 Å². The lowest BCUT2D eigenvalue weighted by atomic mass is 9.91. The summed E-state index contributed by atoms with van der Waals surface area (Å²) in [5.41, 5.74) is 7.95. The fraction of sp³-hybridized carbons (Fsp3) is 0.348. The molecule has 2 heterocycles. The average molecular weight is 466 g/mol. The Kier molecular flexibility index (Phi) is 6.73. The molecule has 34 heavy (non-hydrogen) atoms.